The molecule has 0 aliphatic carbocycles. The van der Waals surface area contributed by atoms with Crippen LogP contribution in [0.3, 0.4) is 0 Å². The van der Waals surface area contributed by atoms with Crippen LogP contribution < -0.4 is 10.1 Å². The summed E-state index contributed by atoms with van der Waals surface area (Å²) in [5.74, 6) is 0.520. The number of fused-ring (bicyclic) bond motifs is 1. The Labute approximate surface area is 192 Å². The SMILES string of the molecule is COc1c(/C(C)=C/C(=O)Nc2ccc(SC)cc2)cc2c(-c3ccccc3)coc2c1C. The van der Waals surface area contributed by atoms with Gasteiger partial charge in [-0.2, -0.15) is 0 Å². The monoisotopic (exact) mass is 443 g/mol. The Balaban J connectivity index is 1.72. The van der Waals surface area contributed by atoms with E-state index in [1.807, 2.05) is 68.6 Å². The summed E-state index contributed by atoms with van der Waals surface area (Å²) in [6, 6.07) is 19.9. The summed E-state index contributed by atoms with van der Waals surface area (Å²) in [4.78, 5) is 13.8. The van der Waals surface area contributed by atoms with Gasteiger partial charge in [-0.15, -0.1) is 11.8 Å². The molecule has 0 bridgehead atoms. The molecule has 0 aliphatic rings. The van der Waals surface area contributed by atoms with Crippen molar-refractivity contribution >= 4 is 39.9 Å². The van der Waals surface area contributed by atoms with Gasteiger partial charge >= 0.3 is 0 Å². The molecule has 32 heavy (non-hydrogen) atoms. The Morgan fingerprint density at radius 3 is 2.47 bits per heavy atom. The fourth-order valence-electron chi connectivity index (χ4n) is 3.84. The number of allylic oxidation sites excluding steroid dienone is 1. The fraction of sp³-hybridized carbons (Fsp3) is 0.148. The molecule has 0 radical (unpaired) electrons. The fourth-order valence-corrected chi connectivity index (χ4v) is 4.25. The number of methoxy groups -OCH3 is 1. The van der Waals surface area contributed by atoms with E-state index in [1.165, 1.54) is 0 Å². The molecule has 0 saturated heterocycles. The zero-order chi connectivity index (χ0) is 22.7. The molecule has 0 aliphatic heterocycles. The number of carbonyl (C=O) groups excluding carboxylic acids is 1. The molecule has 4 rings (SSSR count). The van der Waals surface area contributed by atoms with Crippen molar-refractivity contribution in [2.24, 2.45) is 0 Å². The first kappa shape index (κ1) is 21.8. The molecule has 4 nitrogen and oxygen atoms in total. The molecule has 1 aromatic heterocycles. The number of hydrogen-bond acceptors (Lipinski definition) is 4. The average Bonchev–Trinajstić information content (AvgIpc) is 3.24. The van der Waals surface area contributed by atoms with Gasteiger partial charge in [-0.1, -0.05) is 30.3 Å². The Kier molecular flexibility index (Phi) is 6.37. The number of rotatable bonds is 6. The maximum atomic E-state index is 12.7. The van der Waals surface area contributed by atoms with Crippen molar-refractivity contribution in [3.8, 4) is 16.9 Å². The van der Waals surface area contributed by atoms with Crippen LogP contribution in [0.1, 0.15) is 18.1 Å². The maximum Gasteiger partial charge on any atom is 0.248 e. The quantitative estimate of drug-likeness (QED) is 0.253. The van der Waals surface area contributed by atoms with E-state index in [1.54, 1.807) is 31.2 Å². The second kappa shape index (κ2) is 9.37. The molecule has 162 valence electrons. The van der Waals surface area contributed by atoms with Crippen LogP contribution in [0.15, 0.2) is 82.3 Å². The molecule has 1 amide bonds. The number of ether oxygens (including phenoxy) is 1. The first-order valence-electron chi connectivity index (χ1n) is 10.3. The van der Waals surface area contributed by atoms with E-state index in [0.29, 0.717) is 5.75 Å². The van der Waals surface area contributed by atoms with Crippen LogP contribution in [0.25, 0.3) is 27.7 Å². The van der Waals surface area contributed by atoms with Crippen LogP contribution >= 0.6 is 11.8 Å². The van der Waals surface area contributed by atoms with Gasteiger partial charge in [0, 0.05) is 38.7 Å². The zero-order valence-electron chi connectivity index (χ0n) is 18.6. The first-order chi connectivity index (χ1) is 15.5. The summed E-state index contributed by atoms with van der Waals surface area (Å²) in [7, 11) is 1.64. The molecular formula is C27H25NO3S. The Morgan fingerprint density at radius 2 is 1.81 bits per heavy atom. The number of benzene rings is 3. The van der Waals surface area contributed by atoms with E-state index in [-0.39, 0.29) is 5.91 Å². The van der Waals surface area contributed by atoms with Crippen molar-refractivity contribution < 1.29 is 13.9 Å². The number of hydrogen-bond donors (Lipinski definition) is 1. The second-order valence-corrected chi connectivity index (χ2v) is 8.40. The van der Waals surface area contributed by atoms with E-state index >= 15 is 0 Å². The van der Waals surface area contributed by atoms with Crippen molar-refractivity contribution in [2.75, 3.05) is 18.7 Å². The van der Waals surface area contributed by atoms with E-state index in [2.05, 4.69) is 17.4 Å². The molecule has 0 fully saturated rings. The summed E-state index contributed by atoms with van der Waals surface area (Å²) in [5, 5.41) is 3.92. The third kappa shape index (κ3) is 4.30. The molecule has 5 heteroatoms. The van der Waals surface area contributed by atoms with Gasteiger partial charge in [0.15, 0.2) is 0 Å². The van der Waals surface area contributed by atoms with Gasteiger partial charge in [0.2, 0.25) is 5.91 Å². The number of amides is 1. The van der Waals surface area contributed by atoms with Crippen molar-refractivity contribution in [3.05, 3.63) is 84.1 Å². The van der Waals surface area contributed by atoms with Crippen molar-refractivity contribution in [3.63, 3.8) is 0 Å². The van der Waals surface area contributed by atoms with E-state index in [9.17, 15) is 4.79 Å². The Bertz CT molecular complexity index is 1290. The number of carbonyl (C=O) groups is 1. The summed E-state index contributed by atoms with van der Waals surface area (Å²) < 4.78 is 11.6. The third-order valence-electron chi connectivity index (χ3n) is 5.46. The van der Waals surface area contributed by atoms with Crippen molar-refractivity contribution in [1.82, 2.24) is 0 Å². The minimum absolute atomic E-state index is 0.185. The molecule has 1 N–H and O–H groups in total. The Morgan fingerprint density at radius 1 is 1.09 bits per heavy atom. The third-order valence-corrected chi connectivity index (χ3v) is 6.21. The number of aryl methyl sites for hydroxylation is 1. The number of furan rings is 1. The highest BCUT2D eigenvalue weighted by molar-refractivity contribution is 7.98. The normalized spacial score (nSPS) is 11.6. The highest BCUT2D eigenvalue weighted by Gasteiger charge is 2.18. The predicted octanol–water partition coefficient (Wildman–Crippen LogP) is 7.18. The van der Waals surface area contributed by atoms with Gasteiger partial charge in [-0.3, -0.25) is 4.79 Å². The van der Waals surface area contributed by atoms with Crippen molar-refractivity contribution in [1.29, 1.82) is 0 Å². The van der Waals surface area contributed by atoms with E-state index in [4.69, 9.17) is 9.15 Å². The lowest BCUT2D eigenvalue weighted by atomic mass is 9.96. The highest BCUT2D eigenvalue weighted by Crippen LogP contribution is 2.40. The molecule has 1 heterocycles. The van der Waals surface area contributed by atoms with Crippen LogP contribution in [0.5, 0.6) is 5.75 Å². The van der Waals surface area contributed by atoms with E-state index < -0.39 is 0 Å². The summed E-state index contributed by atoms with van der Waals surface area (Å²) in [5.41, 5.74) is 6.22. The summed E-state index contributed by atoms with van der Waals surface area (Å²) in [6.45, 7) is 3.89. The molecule has 0 spiro atoms. The van der Waals surface area contributed by atoms with Gasteiger partial charge in [0.1, 0.15) is 11.3 Å². The van der Waals surface area contributed by atoms with Crippen LogP contribution in [0, 0.1) is 6.92 Å². The minimum atomic E-state index is -0.185. The van der Waals surface area contributed by atoms with Gasteiger partial charge in [0.05, 0.1) is 13.4 Å². The predicted molar refractivity (Wildman–Crippen MR) is 133 cm³/mol. The molecule has 0 atom stereocenters. The molecule has 0 unspecified atom stereocenters. The lowest BCUT2D eigenvalue weighted by molar-refractivity contribution is -0.111. The molecule has 3 aromatic carbocycles. The Hall–Kier alpha value is -3.44. The lowest BCUT2D eigenvalue weighted by Gasteiger charge is -2.13. The van der Waals surface area contributed by atoms with Crippen molar-refractivity contribution in [2.45, 2.75) is 18.7 Å². The zero-order valence-corrected chi connectivity index (χ0v) is 19.4. The standard InChI is InChI=1S/C27H25NO3S/c1-17(14-25(29)28-20-10-12-21(32-4)13-11-20)22-15-23-24(19-8-6-5-7-9-19)16-31-27(23)18(2)26(22)30-3/h5-16H,1-4H3,(H,28,29)/b17-14+. The van der Waals surface area contributed by atoms with E-state index in [0.717, 1.165) is 49.4 Å². The lowest BCUT2D eigenvalue weighted by Crippen LogP contribution is -2.08. The summed E-state index contributed by atoms with van der Waals surface area (Å²) >= 11 is 1.66. The highest BCUT2D eigenvalue weighted by atomic mass is 32.2. The topological polar surface area (TPSA) is 51.5 Å². The first-order valence-corrected chi connectivity index (χ1v) is 11.5. The van der Waals surface area contributed by atoms with Gasteiger partial charge in [0.25, 0.3) is 0 Å². The molecule has 4 aromatic rings. The van der Waals surface area contributed by atoms with Crippen LogP contribution in [-0.2, 0) is 4.79 Å². The van der Waals surface area contributed by atoms with Gasteiger partial charge in [-0.25, -0.2) is 0 Å². The number of anilines is 1. The largest absolute Gasteiger partial charge is 0.496 e. The number of thioether (sulfide) groups is 1. The van der Waals surface area contributed by atoms with Gasteiger partial charge in [-0.05, 0) is 61.6 Å². The minimum Gasteiger partial charge on any atom is -0.496 e. The maximum absolute atomic E-state index is 12.7. The van der Waals surface area contributed by atoms with Crippen LogP contribution in [0.4, 0.5) is 5.69 Å². The van der Waals surface area contributed by atoms with Crippen LogP contribution in [-0.4, -0.2) is 19.3 Å². The smallest absolute Gasteiger partial charge is 0.248 e. The number of nitrogens with one attached hydrogen (secondary N) is 1. The average molecular weight is 444 g/mol. The second-order valence-electron chi connectivity index (χ2n) is 7.52. The molecular weight excluding hydrogens is 418 g/mol. The van der Waals surface area contributed by atoms with Gasteiger partial charge < -0.3 is 14.5 Å². The molecule has 0 saturated carbocycles. The van der Waals surface area contributed by atoms with Crippen LogP contribution in [0.2, 0.25) is 0 Å². The summed E-state index contributed by atoms with van der Waals surface area (Å²) in [6.07, 6.45) is 5.41.